The lowest BCUT2D eigenvalue weighted by Crippen LogP contribution is -2.37. The zero-order chi connectivity index (χ0) is 14.4. The standard InChI is InChI=1S/C13H19Cl2N3O/c1-4-5-18(7-6-17(2)3)13(19)10-8-11(14)16-12(15)9-10/h8-9H,4-7H2,1-3H3. The number of hydrogen-bond acceptors (Lipinski definition) is 3. The molecule has 1 aromatic rings. The first-order chi connectivity index (χ1) is 8.93. The number of pyridine rings is 1. The molecule has 19 heavy (non-hydrogen) atoms. The molecular weight excluding hydrogens is 285 g/mol. The van der Waals surface area contributed by atoms with E-state index in [1.54, 1.807) is 12.1 Å². The van der Waals surface area contributed by atoms with E-state index in [4.69, 9.17) is 23.2 Å². The van der Waals surface area contributed by atoms with Gasteiger partial charge in [0.2, 0.25) is 0 Å². The van der Waals surface area contributed by atoms with Gasteiger partial charge in [-0.05, 0) is 32.6 Å². The molecule has 106 valence electrons. The normalized spacial score (nSPS) is 10.8. The molecule has 0 saturated carbocycles. The molecule has 0 aliphatic rings. The van der Waals surface area contributed by atoms with Crippen LogP contribution < -0.4 is 0 Å². The summed E-state index contributed by atoms with van der Waals surface area (Å²) in [6.07, 6.45) is 0.908. The van der Waals surface area contributed by atoms with Gasteiger partial charge in [-0.15, -0.1) is 0 Å². The Kier molecular flexibility index (Phi) is 6.55. The van der Waals surface area contributed by atoms with E-state index in [-0.39, 0.29) is 16.2 Å². The zero-order valence-electron chi connectivity index (χ0n) is 11.5. The summed E-state index contributed by atoms with van der Waals surface area (Å²) in [7, 11) is 3.96. The average Bonchev–Trinajstić information content (AvgIpc) is 2.32. The Morgan fingerprint density at radius 3 is 2.21 bits per heavy atom. The molecule has 0 radical (unpaired) electrons. The molecule has 6 heteroatoms. The summed E-state index contributed by atoms with van der Waals surface area (Å²) in [4.78, 5) is 20.1. The molecule has 0 fully saturated rings. The van der Waals surface area contributed by atoms with Crippen LogP contribution in [-0.2, 0) is 0 Å². The largest absolute Gasteiger partial charge is 0.337 e. The number of amides is 1. The molecule has 0 aliphatic carbocycles. The maximum Gasteiger partial charge on any atom is 0.254 e. The Bertz CT molecular complexity index is 418. The predicted molar refractivity (Wildman–Crippen MR) is 79.0 cm³/mol. The highest BCUT2D eigenvalue weighted by molar-refractivity contribution is 6.33. The van der Waals surface area contributed by atoms with E-state index in [0.29, 0.717) is 18.7 Å². The van der Waals surface area contributed by atoms with Gasteiger partial charge in [-0.1, -0.05) is 30.1 Å². The molecule has 0 saturated heterocycles. The molecule has 4 nitrogen and oxygen atoms in total. The molecule has 1 heterocycles. The van der Waals surface area contributed by atoms with Gasteiger partial charge in [0.15, 0.2) is 0 Å². The molecular formula is C13H19Cl2N3O. The van der Waals surface area contributed by atoms with Crippen molar-refractivity contribution in [2.45, 2.75) is 13.3 Å². The van der Waals surface area contributed by atoms with Crippen molar-refractivity contribution >= 4 is 29.1 Å². The van der Waals surface area contributed by atoms with Crippen LogP contribution in [0.4, 0.5) is 0 Å². The van der Waals surface area contributed by atoms with Crippen LogP contribution in [0.25, 0.3) is 0 Å². The monoisotopic (exact) mass is 303 g/mol. The average molecular weight is 304 g/mol. The van der Waals surface area contributed by atoms with Gasteiger partial charge in [-0.2, -0.15) is 0 Å². The fourth-order valence-corrected chi connectivity index (χ4v) is 2.14. The first kappa shape index (κ1) is 16.2. The number of likely N-dealkylation sites (N-methyl/N-ethyl adjacent to an activating group) is 1. The molecule has 0 spiro atoms. The van der Waals surface area contributed by atoms with E-state index >= 15 is 0 Å². The number of carbonyl (C=O) groups excluding carboxylic acids is 1. The summed E-state index contributed by atoms with van der Waals surface area (Å²) in [6, 6.07) is 3.10. The number of nitrogens with zero attached hydrogens (tertiary/aromatic N) is 3. The van der Waals surface area contributed by atoms with E-state index in [9.17, 15) is 4.79 Å². The van der Waals surface area contributed by atoms with Crippen molar-refractivity contribution in [3.63, 3.8) is 0 Å². The van der Waals surface area contributed by atoms with Crippen LogP contribution in [0.2, 0.25) is 10.3 Å². The highest BCUT2D eigenvalue weighted by Gasteiger charge is 2.16. The van der Waals surface area contributed by atoms with Gasteiger partial charge in [-0.3, -0.25) is 4.79 Å². The molecule has 1 amide bonds. The number of hydrogen-bond donors (Lipinski definition) is 0. The van der Waals surface area contributed by atoms with Gasteiger partial charge in [0.1, 0.15) is 10.3 Å². The van der Waals surface area contributed by atoms with Crippen molar-refractivity contribution in [1.82, 2.24) is 14.8 Å². The van der Waals surface area contributed by atoms with Gasteiger partial charge in [0.25, 0.3) is 5.91 Å². The number of carbonyl (C=O) groups is 1. The van der Waals surface area contributed by atoms with Crippen LogP contribution in [0.15, 0.2) is 12.1 Å². The molecule has 0 atom stereocenters. The molecule has 1 aromatic heterocycles. The van der Waals surface area contributed by atoms with Crippen molar-refractivity contribution < 1.29 is 4.79 Å². The minimum atomic E-state index is -0.0603. The van der Waals surface area contributed by atoms with Gasteiger partial charge in [0.05, 0.1) is 0 Å². The second kappa shape index (κ2) is 7.68. The summed E-state index contributed by atoms with van der Waals surface area (Å²) in [5.74, 6) is -0.0603. The number of aromatic nitrogens is 1. The predicted octanol–water partition coefficient (Wildman–Crippen LogP) is 2.80. The second-order valence-corrected chi connectivity index (χ2v) is 5.37. The quantitative estimate of drug-likeness (QED) is 0.758. The lowest BCUT2D eigenvalue weighted by Gasteiger charge is -2.24. The molecule has 0 aliphatic heterocycles. The Labute approximate surface area is 124 Å². The van der Waals surface area contributed by atoms with Gasteiger partial charge < -0.3 is 9.80 Å². The van der Waals surface area contributed by atoms with Crippen LogP contribution in [0.3, 0.4) is 0 Å². The van der Waals surface area contributed by atoms with E-state index < -0.39 is 0 Å². The van der Waals surface area contributed by atoms with Crippen molar-refractivity contribution in [1.29, 1.82) is 0 Å². The summed E-state index contributed by atoms with van der Waals surface area (Å²) in [5.41, 5.74) is 0.484. The Morgan fingerprint density at radius 2 is 1.74 bits per heavy atom. The molecule has 0 N–H and O–H groups in total. The van der Waals surface area contributed by atoms with Crippen LogP contribution in [0.1, 0.15) is 23.7 Å². The molecule has 1 rings (SSSR count). The van der Waals surface area contributed by atoms with Gasteiger partial charge in [0, 0.05) is 25.2 Å². The summed E-state index contributed by atoms with van der Waals surface area (Å²) >= 11 is 11.7. The first-order valence-corrected chi connectivity index (χ1v) is 6.96. The highest BCUT2D eigenvalue weighted by Crippen LogP contribution is 2.16. The third-order valence-corrected chi connectivity index (χ3v) is 2.99. The van der Waals surface area contributed by atoms with E-state index in [1.165, 1.54) is 0 Å². The van der Waals surface area contributed by atoms with Crippen LogP contribution in [0, 0.1) is 0 Å². The zero-order valence-corrected chi connectivity index (χ0v) is 13.0. The lowest BCUT2D eigenvalue weighted by atomic mass is 10.2. The van der Waals surface area contributed by atoms with Gasteiger partial charge >= 0.3 is 0 Å². The third kappa shape index (κ3) is 5.35. The first-order valence-electron chi connectivity index (χ1n) is 6.21. The van der Waals surface area contributed by atoms with E-state index in [0.717, 1.165) is 13.0 Å². The van der Waals surface area contributed by atoms with E-state index in [1.807, 2.05) is 30.8 Å². The summed E-state index contributed by atoms with van der Waals surface area (Å²) < 4.78 is 0. The van der Waals surface area contributed by atoms with Crippen molar-refractivity contribution in [3.8, 4) is 0 Å². The van der Waals surface area contributed by atoms with Crippen molar-refractivity contribution in [3.05, 3.63) is 28.0 Å². The number of rotatable bonds is 6. The molecule has 0 bridgehead atoms. The Morgan fingerprint density at radius 1 is 1.16 bits per heavy atom. The minimum Gasteiger partial charge on any atom is -0.337 e. The van der Waals surface area contributed by atoms with E-state index in [2.05, 4.69) is 4.98 Å². The van der Waals surface area contributed by atoms with Crippen LogP contribution >= 0.6 is 23.2 Å². The van der Waals surface area contributed by atoms with Crippen molar-refractivity contribution in [2.24, 2.45) is 0 Å². The SMILES string of the molecule is CCCN(CCN(C)C)C(=O)c1cc(Cl)nc(Cl)c1. The molecule has 0 aromatic carbocycles. The van der Waals surface area contributed by atoms with Crippen LogP contribution in [0.5, 0.6) is 0 Å². The smallest absolute Gasteiger partial charge is 0.254 e. The van der Waals surface area contributed by atoms with Gasteiger partial charge in [-0.25, -0.2) is 4.98 Å². The maximum absolute atomic E-state index is 12.4. The summed E-state index contributed by atoms with van der Waals surface area (Å²) in [5, 5.41) is 0.472. The third-order valence-electron chi connectivity index (χ3n) is 2.61. The topological polar surface area (TPSA) is 36.4 Å². The van der Waals surface area contributed by atoms with Crippen LogP contribution in [-0.4, -0.2) is 54.4 Å². The fraction of sp³-hybridized carbons (Fsp3) is 0.538. The summed E-state index contributed by atoms with van der Waals surface area (Å²) in [6.45, 7) is 4.25. The van der Waals surface area contributed by atoms with Crippen molar-refractivity contribution in [2.75, 3.05) is 33.7 Å². The highest BCUT2D eigenvalue weighted by atomic mass is 35.5. The minimum absolute atomic E-state index is 0.0603. The Balaban J connectivity index is 2.85. The second-order valence-electron chi connectivity index (χ2n) is 4.60. The molecule has 0 unspecified atom stereocenters. The fourth-order valence-electron chi connectivity index (χ4n) is 1.68. The lowest BCUT2D eigenvalue weighted by molar-refractivity contribution is 0.0745. The number of halogens is 2. The Hall–Kier alpha value is -0.840. The maximum atomic E-state index is 12.4.